The number of hydrogen-bond donors (Lipinski definition) is 0. The van der Waals surface area contributed by atoms with Crippen molar-refractivity contribution in [1.29, 1.82) is 0 Å². The third kappa shape index (κ3) is 2.58. The van der Waals surface area contributed by atoms with Crippen molar-refractivity contribution in [2.75, 3.05) is 11.9 Å². The zero-order valence-corrected chi connectivity index (χ0v) is 13.6. The maximum absolute atomic E-state index is 13.2. The smallest absolute Gasteiger partial charge is 0.231 e. The number of halogens is 3. The Hall–Kier alpha value is -1.39. The van der Waals surface area contributed by atoms with Gasteiger partial charge in [-0.05, 0) is 34.9 Å². The van der Waals surface area contributed by atoms with Crippen molar-refractivity contribution < 1.29 is 9.18 Å². The molecule has 21 heavy (non-hydrogen) atoms. The van der Waals surface area contributed by atoms with Crippen LogP contribution in [0.3, 0.4) is 0 Å². The lowest BCUT2D eigenvalue weighted by atomic mass is 10.0. The number of carbonyl (C=O) groups is 1. The van der Waals surface area contributed by atoms with Crippen LogP contribution in [0.2, 0.25) is 0 Å². The van der Waals surface area contributed by atoms with Gasteiger partial charge in [0.1, 0.15) is 5.82 Å². The summed E-state index contributed by atoms with van der Waals surface area (Å²) in [6.45, 7) is 0. The minimum Gasteiger partial charge on any atom is -0.315 e. The van der Waals surface area contributed by atoms with Crippen LogP contribution in [0.25, 0.3) is 0 Å². The molecule has 2 aromatic carbocycles. The van der Waals surface area contributed by atoms with E-state index in [0.29, 0.717) is 10.9 Å². The van der Waals surface area contributed by atoms with Crippen LogP contribution >= 0.6 is 27.5 Å². The van der Waals surface area contributed by atoms with E-state index in [-0.39, 0.29) is 11.7 Å². The Bertz CT molecular complexity index is 734. The highest BCUT2D eigenvalue weighted by atomic mass is 79.9. The van der Waals surface area contributed by atoms with Gasteiger partial charge in [0.05, 0.1) is 11.8 Å². The summed E-state index contributed by atoms with van der Waals surface area (Å²) < 4.78 is 13.8. The Morgan fingerprint density at radius 3 is 2.76 bits per heavy atom. The maximum atomic E-state index is 13.2. The molecule has 1 aliphatic rings. The molecule has 1 unspecified atom stereocenters. The molecule has 0 fully saturated rings. The monoisotopic (exact) mass is 367 g/mol. The molecule has 0 spiro atoms. The predicted octanol–water partition coefficient (Wildman–Crippen LogP) is 4.44. The standard InChI is InChI=1S/C16H12BrClFNO/c1-20-14-5-2-9(6-10(14)7-15(20)21)16(18)12-4-3-11(19)8-13(12)17/h2-6,8,16H,7H2,1H3. The summed E-state index contributed by atoms with van der Waals surface area (Å²) in [6, 6.07) is 10.2. The van der Waals surface area contributed by atoms with E-state index in [1.165, 1.54) is 12.1 Å². The molecule has 1 heterocycles. The van der Waals surface area contributed by atoms with E-state index in [2.05, 4.69) is 15.9 Å². The fourth-order valence-corrected chi connectivity index (χ4v) is 3.57. The number of hydrogen-bond acceptors (Lipinski definition) is 1. The number of rotatable bonds is 2. The second-order valence-corrected chi connectivity index (χ2v) is 6.34. The van der Waals surface area contributed by atoms with E-state index in [1.54, 1.807) is 18.0 Å². The first-order valence-corrected chi connectivity index (χ1v) is 7.68. The van der Waals surface area contributed by atoms with Gasteiger partial charge in [0, 0.05) is 17.2 Å². The number of alkyl halides is 1. The topological polar surface area (TPSA) is 20.3 Å². The number of amides is 1. The summed E-state index contributed by atoms with van der Waals surface area (Å²) in [6.07, 6.45) is 0.397. The zero-order chi connectivity index (χ0) is 15.1. The molecule has 108 valence electrons. The van der Waals surface area contributed by atoms with Gasteiger partial charge in [-0.3, -0.25) is 4.79 Å². The molecule has 0 aliphatic carbocycles. The van der Waals surface area contributed by atoms with Crippen molar-refractivity contribution in [2.24, 2.45) is 0 Å². The second kappa shape index (κ2) is 5.43. The van der Waals surface area contributed by atoms with Gasteiger partial charge < -0.3 is 4.90 Å². The Balaban J connectivity index is 1.98. The number of benzene rings is 2. The molecule has 5 heteroatoms. The van der Waals surface area contributed by atoms with Gasteiger partial charge in [-0.2, -0.15) is 0 Å². The SMILES string of the molecule is CN1C(=O)Cc2cc(C(Cl)c3ccc(F)cc3Br)ccc21. The van der Waals surface area contributed by atoms with E-state index in [0.717, 1.165) is 22.4 Å². The van der Waals surface area contributed by atoms with E-state index in [9.17, 15) is 9.18 Å². The largest absolute Gasteiger partial charge is 0.315 e. The van der Waals surface area contributed by atoms with Crippen molar-refractivity contribution >= 4 is 39.1 Å². The average molecular weight is 369 g/mol. The van der Waals surface area contributed by atoms with E-state index in [4.69, 9.17) is 11.6 Å². The Morgan fingerprint density at radius 2 is 2.05 bits per heavy atom. The molecular formula is C16H12BrClFNO. The summed E-state index contributed by atoms with van der Waals surface area (Å²) >= 11 is 9.85. The molecule has 2 nitrogen and oxygen atoms in total. The first-order valence-electron chi connectivity index (χ1n) is 6.46. The second-order valence-electron chi connectivity index (χ2n) is 5.05. The lowest BCUT2D eigenvalue weighted by Gasteiger charge is -2.15. The first-order chi connectivity index (χ1) is 9.97. The molecule has 0 saturated heterocycles. The van der Waals surface area contributed by atoms with Crippen LogP contribution in [0.5, 0.6) is 0 Å². The van der Waals surface area contributed by atoms with Crippen LogP contribution in [-0.4, -0.2) is 13.0 Å². The van der Waals surface area contributed by atoms with Gasteiger partial charge >= 0.3 is 0 Å². The summed E-state index contributed by atoms with van der Waals surface area (Å²) in [5, 5.41) is -0.397. The van der Waals surface area contributed by atoms with Gasteiger partial charge in [-0.15, -0.1) is 11.6 Å². The summed E-state index contributed by atoms with van der Waals surface area (Å²) in [7, 11) is 1.77. The van der Waals surface area contributed by atoms with Crippen molar-refractivity contribution in [3.05, 3.63) is 63.4 Å². The predicted molar refractivity (Wildman–Crippen MR) is 85.4 cm³/mol. The zero-order valence-electron chi connectivity index (χ0n) is 11.2. The minimum atomic E-state index is -0.397. The van der Waals surface area contributed by atoms with E-state index < -0.39 is 5.38 Å². The quantitative estimate of drug-likeness (QED) is 0.718. The molecule has 0 bridgehead atoms. The fraction of sp³-hybridized carbons (Fsp3) is 0.188. The van der Waals surface area contributed by atoms with Crippen LogP contribution in [0.4, 0.5) is 10.1 Å². The normalized spacial score (nSPS) is 15.2. The fourth-order valence-electron chi connectivity index (χ4n) is 2.53. The minimum absolute atomic E-state index is 0.0798. The van der Waals surface area contributed by atoms with E-state index >= 15 is 0 Å². The summed E-state index contributed by atoms with van der Waals surface area (Å²) in [5.74, 6) is -0.230. The highest BCUT2D eigenvalue weighted by Crippen LogP contribution is 2.37. The highest BCUT2D eigenvalue weighted by Gasteiger charge is 2.25. The number of nitrogens with zero attached hydrogens (tertiary/aromatic N) is 1. The Morgan fingerprint density at radius 1 is 1.29 bits per heavy atom. The number of anilines is 1. The van der Waals surface area contributed by atoms with Gasteiger partial charge in [0.25, 0.3) is 0 Å². The third-order valence-corrected chi connectivity index (χ3v) is 4.88. The molecule has 3 rings (SSSR count). The molecule has 1 aliphatic heterocycles. The summed E-state index contributed by atoms with van der Waals surface area (Å²) in [5.41, 5.74) is 3.59. The van der Waals surface area contributed by atoms with Crippen LogP contribution in [0.1, 0.15) is 22.1 Å². The highest BCUT2D eigenvalue weighted by molar-refractivity contribution is 9.10. The van der Waals surface area contributed by atoms with Crippen LogP contribution < -0.4 is 4.90 Å². The van der Waals surface area contributed by atoms with Gasteiger partial charge in [-0.25, -0.2) is 4.39 Å². The molecular weight excluding hydrogens is 357 g/mol. The van der Waals surface area contributed by atoms with Gasteiger partial charge in [0.2, 0.25) is 5.91 Å². The summed E-state index contributed by atoms with van der Waals surface area (Å²) in [4.78, 5) is 13.4. The molecule has 0 radical (unpaired) electrons. The molecule has 1 atom stereocenters. The number of fused-ring (bicyclic) bond motifs is 1. The van der Waals surface area contributed by atoms with Crippen molar-refractivity contribution in [3.63, 3.8) is 0 Å². The Kier molecular flexibility index (Phi) is 3.76. The van der Waals surface area contributed by atoms with E-state index in [1.807, 2.05) is 18.2 Å². The average Bonchev–Trinajstić information content (AvgIpc) is 2.73. The van der Waals surface area contributed by atoms with Crippen LogP contribution in [-0.2, 0) is 11.2 Å². The first kappa shape index (κ1) is 14.5. The van der Waals surface area contributed by atoms with Crippen molar-refractivity contribution in [3.8, 4) is 0 Å². The Labute approximate surface area is 135 Å². The van der Waals surface area contributed by atoms with Crippen molar-refractivity contribution in [1.82, 2.24) is 0 Å². The third-order valence-electron chi connectivity index (χ3n) is 3.71. The molecule has 0 aromatic heterocycles. The van der Waals surface area contributed by atoms with Gasteiger partial charge in [-0.1, -0.05) is 34.1 Å². The molecule has 0 saturated carbocycles. The van der Waals surface area contributed by atoms with Crippen molar-refractivity contribution in [2.45, 2.75) is 11.8 Å². The lowest BCUT2D eigenvalue weighted by Crippen LogP contribution is -2.20. The van der Waals surface area contributed by atoms with Crippen LogP contribution in [0, 0.1) is 5.82 Å². The molecule has 0 N–H and O–H groups in total. The lowest BCUT2D eigenvalue weighted by molar-refractivity contribution is -0.117. The molecule has 2 aromatic rings. The van der Waals surface area contributed by atoms with Gasteiger partial charge in [0.15, 0.2) is 0 Å². The maximum Gasteiger partial charge on any atom is 0.231 e. The number of carbonyl (C=O) groups excluding carboxylic acids is 1. The van der Waals surface area contributed by atoms with Crippen LogP contribution in [0.15, 0.2) is 40.9 Å². The molecule has 1 amide bonds. The number of likely N-dealkylation sites (N-methyl/N-ethyl adjacent to an activating group) is 1.